The number of hydrogen-bond acceptors (Lipinski definition) is 7. The number of carboxylic acid groups (broad SMARTS) is 1. The highest BCUT2D eigenvalue weighted by atomic mass is 35.5. The van der Waals surface area contributed by atoms with Gasteiger partial charge in [-0.3, -0.25) is 14.4 Å². The molecule has 1 aromatic heterocycles. The van der Waals surface area contributed by atoms with Crippen LogP contribution in [0.1, 0.15) is 80.8 Å². The Hall–Kier alpha value is -3.18. The molecule has 5 aliphatic rings. The number of rotatable bonds is 6. The maximum absolute atomic E-state index is 14.5. The Kier molecular flexibility index (Phi) is 6.73. The van der Waals surface area contributed by atoms with E-state index in [1.165, 1.54) is 0 Å². The van der Waals surface area contributed by atoms with Gasteiger partial charge in [0.1, 0.15) is 25.1 Å². The third-order valence-corrected chi connectivity index (χ3v) is 10.6. The van der Waals surface area contributed by atoms with Gasteiger partial charge in [-0.1, -0.05) is 24.4 Å². The van der Waals surface area contributed by atoms with E-state index in [0.29, 0.717) is 80.7 Å². The number of hydrogen-bond donors (Lipinski definition) is 1. The summed E-state index contributed by atoms with van der Waals surface area (Å²) in [6, 6.07) is 3.60. The predicted octanol–water partition coefficient (Wildman–Crippen LogP) is 3.72. The molecule has 0 bridgehead atoms. The molecule has 1 saturated heterocycles. The number of aliphatic carboxylic acids is 1. The Labute approximate surface area is 249 Å². The quantitative estimate of drug-likeness (QED) is 0.534. The van der Waals surface area contributed by atoms with Crippen LogP contribution in [0, 0.1) is 16.7 Å². The highest BCUT2D eigenvalue weighted by Gasteiger charge is 2.56. The molecular weight excluding hydrogens is 562 g/mol. The monoisotopic (exact) mass is 597 g/mol. The first-order valence-electron chi connectivity index (χ1n) is 15.0. The van der Waals surface area contributed by atoms with Gasteiger partial charge in [0, 0.05) is 36.6 Å². The summed E-state index contributed by atoms with van der Waals surface area (Å²) in [6.07, 6.45) is 4.74. The lowest BCUT2D eigenvalue weighted by molar-refractivity contribution is -0.165. The molecule has 0 radical (unpaired) electrons. The van der Waals surface area contributed by atoms with Crippen LogP contribution in [0.4, 0.5) is 0 Å². The van der Waals surface area contributed by atoms with Crippen molar-refractivity contribution in [3.8, 4) is 5.75 Å². The van der Waals surface area contributed by atoms with Crippen molar-refractivity contribution in [2.45, 2.75) is 84.2 Å². The minimum Gasteiger partial charge on any atom is -0.485 e. The van der Waals surface area contributed by atoms with Crippen molar-refractivity contribution < 1.29 is 29.0 Å². The van der Waals surface area contributed by atoms with Gasteiger partial charge in [0.25, 0.3) is 0 Å². The Morgan fingerprint density at radius 2 is 2.02 bits per heavy atom. The number of ether oxygens (including phenoxy) is 2. The number of amides is 2. The second-order valence-electron chi connectivity index (χ2n) is 12.8. The van der Waals surface area contributed by atoms with Gasteiger partial charge in [0.15, 0.2) is 11.6 Å². The topological polar surface area (TPSA) is 127 Å². The van der Waals surface area contributed by atoms with Crippen LogP contribution in [0.25, 0.3) is 0 Å². The molecule has 2 saturated carbocycles. The van der Waals surface area contributed by atoms with E-state index >= 15 is 0 Å². The summed E-state index contributed by atoms with van der Waals surface area (Å²) in [6.45, 7) is 4.36. The smallest absolute Gasteiger partial charge is 0.310 e. The number of likely N-dealkylation sites (tertiary alicyclic amines) is 1. The van der Waals surface area contributed by atoms with Crippen molar-refractivity contribution in [2.75, 3.05) is 19.7 Å². The first-order valence-corrected chi connectivity index (χ1v) is 15.3. The number of benzene rings is 1. The fourth-order valence-corrected chi connectivity index (χ4v) is 7.76. The lowest BCUT2D eigenvalue weighted by Crippen LogP contribution is -2.54. The average molecular weight is 598 g/mol. The van der Waals surface area contributed by atoms with E-state index in [1.807, 2.05) is 9.47 Å². The first kappa shape index (κ1) is 27.6. The third-order valence-electron chi connectivity index (χ3n) is 10.2. The van der Waals surface area contributed by atoms with Gasteiger partial charge in [0.2, 0.25) is 11.8 Å². The number of halogens is 1. The van der Waals surface area contributed by atoms with Gasteiger partial charge >= 0.3 is 5.97 Å². The highest BCUT2D eigenvalue weighted by Crippen LogP contribution is 2.56. The molecule has 2 aliphatic carbocycles. The Balaban J connectivity index is 1.28. The van der Waals surface area contributed by atoms with Gasteiger partial charge in [-0.15, -0.1) is 10.2 Å². The van der Waals surface area contributed by atoms with Gasteiger partial charge in [0.05, 0.1) is 17.9 Å². The normalized spacial score (nSPS) is 28.0. The van der Waals surface area contributed by atoms with E-state index in [4.69, 9.17) is 21.1 Å². The number of carboxylic acids is 1. The fourth-order valence-electron chi connectivity index (χ4n) is 7.50. The number of aromatic nitrogens is 3. The zero-order valence-corrected chi connectivity index (χ0v) is 24.6. The Morgan fingerprint density at radius 1 is 1.19 bits per heavy atom. The second-order valence-corrected chi connectivity index (χ2v) is 13.2. The zero-order chi connectivity index (χ0) is 29.2. The zero-order valence-electron chi connectivity index (χ0n) is 23.8. The van der Waals surface area contributed by atoms with Gasteiger partial charge in [-0.05, 0) is 62.1 Å². The molecule has 2 aromatic rings. The number of carbonyl (C=O) groups is 3. The SMILES string of the molecule is C[C@]1(C(=O)O)CCCC[C@H]1C(=O)N1CCc2c(Cl)ccc(OCc3nnc4n3CCOC4)c2[C@H]1N1CC2(CC2)CC1=O. The summed E-state index contributed by atoms with van der Waals surface area (Å²) in [7, 11) is 0. The van der Waals surface area contributed by atoms with Crippen molar-refractivity contribution in [1.82, 2.24) is 24.6 Å². The van der Waals surface area contributed by atoms with Gasteiger partial charge in [-0.2, -0.15) is 0 Å². The molecule has 3 fully saturated rings. The molecule has 4 heterocycles. The first-order chi connectivity index (χ1) is 20.2. The minimum atomic E-state index is -1.16. The predicted molar refractivity (Wildman–Crippen MR) is 149 cm³/mol. The molecule has 3 aliphatic heterocycles. The van der Waals surface area contributed by atoms with Crippen LogP contribution in [0.5, 0.6) is 5.75 Å². The van der Waals surface area contributed by atoms with Crippen molar-refractivity contribution in [3.63, 3.8) is 0 Å². The molecule has 12 heteroatoms. The summed E-state index contributed by atoms with van der Waals surface area (Å²) < 4.78 is 13.9. The molecular formula is C30H36ClN5O6. The van der Waals surface area contributed by atoms with Crippen LogP contribution in [-0.2, 0) is 45.3 Å². The molecule has 11 nitrogen and oxygen atoms in total. The third kappa shape index (κ3) is 4.47. The maximum atomic E-state index is 14.5. The summed E-state index contributed by atoms with van der Waals surface area (Å²) in [5.41, 5.74) is 0.375. The van der Waals surface area contributed by atoms with E-state index in [-0.39, 0.29) is 23.8 Å². The molecule has 2 amide bonds. The van der Waals surface area contributed by atoms with Crippen LogP contribution in [0.3, 0.4) is 0 Å². The second kappa shape index (κ2) is 10.2. The van der Waals surface area contributed by atoms with E-state index < -0.39 is 23.5 Å². The molecule has 7 rings (SSSR count). The summed E-state index contributed by atoms with van der Waals surface area (Å²) >= 11 is 6.77. The molecule has 1 aromatic carbocycles. The van der Waals surface area contributed by atoms with Gasteiger partial charge in [-0.25, -0.2) is 0 Å². The largest absolute Gasteiger partial charge is 0.485 e. The van der Waals surface area contributed by atoms with E-state index in [2.05, 4.69) is 10.2 Å². The van der Waals surface area contributed by atoms with Crippen molar-refractivity contribution >= 4 is 29.4 Å². The Bertz CT molecular complexity index is 1460. The summed E-state index contributed by atoms with van der Waals surface area (Å²) in [5.74, 6) is 0.134. The number of fused-ring (bicyclic) bond motifs is 2. The molecule has 1 N–H and O–H groups in total. The average Bonchev–Trinajstić information content (AvgIpc) is 3.48. The molecule has 1 spiro atoms. The van der Waals surface area contributed by atoms with Crippen molar-refractivity contribution in [3.05, 3.63) is 39.9 Å². The standard InChI is InChI=1S/C30H36ClN5O6/c1-29(28(39)40)8-3-2-4-19(29)27(38)35-11-7-18-20(31)5-6-21(42-16-23-33-32-22-15-41-13-12-34(22)23)25(18)26(35)36-17-30(9-10-30)14-24(36)37/h5-6,19,26H,2-4,7-17H2,1H3,(H,39,40)/t19-,26+,29-/m0/s1. The molecule has 224 valence electrons. The maximum Gasteiger partial charge on any atom is 0.310 e. The van der Waals surface area contributed by atoms with Crippen LogP contribution in [0.15, 0.2) is 12.1 Å². The Morgan fingerprint density at radius 3 is 2.79 bits per heavy atom. The number of carbonyl (C=O) groups excluding carboxylic acids is 2. The summed E-state index contributed by atoms with van der Waals surface area (Å²) in [4.78, 5) is 44.1. The van der Waals surface area contributed by atoms with Crippen LogP contribution < -0.4 is 4.74 Å². The number of nitrogens with zero attached hydrogens (tertiary/aromatic N) is 5. The van der Waals surface area contributed by atoms with Crippen molar-refractivity contribution in [1.29, 1.82) is 0 Å². The fraction of sp³-hybridized carbons (Fsp3) is 0.633. The van der Waals surface area contributed by atoms with Crippen LogP contribution in [0.2, 0.25) is 5.02 Å². The van der Waals surface area contributed by atoms with E-state index in [9.17, 15) is 19.5 Å². The molecule has 42 heavy (non-hydrogen) atoms. The lowest BCUT2D eigenvalue weighted by atomic mass is 9.66. The van der Waals surface area contributed by atoms with Crippen LogP contribution >= 0.6 is 11.6 Å². The molecule has 0 unspecified atom stereocenters. The van der Waals surface area contributed by atoms with Crippen molar-refractivity contribution in [2.24, 2.45) is 16.7 Å². The van der Waals surface area contributed by atoms with Gasteiger partial charge < -0.3 is 28.9 Å². The minimum absolute atomic E-state index is 0.00485. The molecule has 3 atom stereocenters. The van der Waals surface area contributed by atoms with E-state index in [1.54, 1.807) is 24.0 Å². The summed E-state index contributed by atoms with van der Waals surface area (Å²) in [5, 5.41) is 19.3. The van der Waals surface area contributed by atoms with Crippen LogP contribution in [-0.4, -0.2) is 67.2 Å². The highest BCUT2D eigenvalue weighted by molar-refractivity contribution is 6.31. The lowest BCUT2D eigenvalue weighted by Gasteiger charge is -2.47. The van der Waals surface area contributed by atoms with E-state index in [0.717, 1.165) is 37.1 Å².